The van der Waals surface area contributed by atoms with Crippen LogP contribution in [0.15, 0.2) is 18.2 Å². The number of H-pyrrole nitrogens is 1. The lowest BCUT2D eigenvalue weighted by Gasteiger charge is -2.02. The lowest BCUT2D eigenvalue weighted by atomic mass is 10.1. The van der Waals surface area contributed by atoms with Crippen molar-refractivity contribution in [2.24, 2.45) is 0 Å². The van der Waals surface area contributed by atoms with Crippen LogP contribution in [0.25, 0.3) is 11.3 Å². The fourth-order valence-electron chi connectivity index (χ4n) is 1.56. The molecule has 1 aromatic carbocycles. The highest BCUT2D eigenvalue weighted by molar-refractivity contribution is 5.64. The van der Waals surface area contributed by atoms with Crippen LogP contribution in [-0.4, -0.2) is 10.2 Å². The van der Waals surface area contributed by atoms with E-state index >= 15 is 0 Å². The summed E-state index contributed by atoms with van der Waals surface area (Å²) in [6.07, 6.45) is 0. The second-order valence-electron chi connectivity index (χ2n) is 3.81. The molecule has 0 bridgehead atoms. The van der Waals surface area contributed by atoms with E-state index in [4.69, 9.17) is 0 Å². The highest BCUT2D eigenvalue weighted by atomic mass is 19.1. The molecule has 2 rings (SSSR count). The van der Waals surface area contributed by atoms with Crippen molar-refractivity contribution >= 4 is 0 Å². The van der Waals surface area contributed by atoms with Gasteiger partial charge in [0.15, 0.2) is 0 Å². The Balaban J connectivity index is 2.59. The number of benzene rings is 1. The summed E-state index contributed by atoms with van der Waals surface area (Å²) in [5, 5.41) is 6.97. The van der Waals surface area contributed by atoms with E-state index in [0.717, 1.165) is 16.8 Å². The van der Waals surface area contributed by atoms with Crippen LogP contribution in [0.2, 0.25) is 0 Å². The average molecular weight is 204 g/mol. The van der Waals surface area contributed by atoms with Crippen molar-refractivity contribution in [3.63, 3.8) is 0 Å². The summed E-state index contributed by atoms with van der Waals surface area (Å²) in [4.78, 5) is 0. The molecule has 0 aliphatic rings. The molecule has 1 heterocycles. The molecule has 0 saturated carbocycles. The van der Waals surface area contributed by atoms with Crippen molar-refractivity contribution in [2.75, 3.05) is 0 Å². The zero-order valence-electron chi connectivity index (χ0n) is 9.06. The maximum atomic E-state index is 13.7. The standard InChI is InChI=1S/C12H13FN2/c1-7-4-5-10(11(13)6-7)12-8(2)9(3)14-15-12/h4-6H,1-3H3,(H,14,15). The van der Waals surface area contributed by atoms with Crippen molar-refractivity contribution in [1.29, 1.82) is 0 Å². The maximum absolute atomic E-state index is 13.7. The zero-order chi connectivity index (χ0) is 11.0. The number of nitrogens with one attached hydrogen (secondary N) is 1. The first-order valence-corrected chi connectivity index (χ1v) is 4.87. The quantitative estimate of drug-likeness (QED) is 0.759. The smallest absolute Gasteiger partial charge is 0.132 e. The molecule has 78 valence electrons. The van der Waals surface area contributed by atoms with Crippen LogP contribution in [0.4, 0.5) is 4.39 Å². The predicted octanol–water partition coefficient (Wildman–Crippen LogP) is 3.14. The van der Waals surface area contributed by atoms with Gasteiger partial charge in [-0.3, -0.25) is 5.10 Å². The molecule has 1 aromatic heterocycles. The number of aromatic amines is 1. The van der Waals surface area contributed by atoms with Crippen LogP contribution in [0, 0.1) is 26.6 Å². The third-order valence-electron chi connectivity index (χ3n) is 2.63. The van der Waals surface area contributed by atoms with Crippen LogP contribution in [0.5, 0.6) is 0 Å². The van der Waals surface area contributed by atoms with Crippen molar-refractivity contribution in [3.8, 4) is 11.3 Å². The normalized spacial score (nSPS) is 10.7. The molecule has 2 aromatic rings. The SMILES string of the molecule is Cc1ccc(-c2n[nH]c(C)c2C)c(F)c1. The Kier molecular flexibility index (Phi) is 2.31. The van der Waals surface area contributed by atoms with Gasteiger partial charge in [-0.05, 0) is 44.0 Å². The number of hydrogen-bond donors (Lipinski definition) is 1. The Morgan fingerprint density at radius 2 is 1.93 bits per heavy atom. The van der Waals surface area contributed by atoms with Gasteiger partial charge < -0.3 is 0 Å². The van der Waals surface area contributed by atoms with Crippen molar-refractivity contribution < 1.29 is 4.39 Å². The fraction of sp³-hybridized carbons (Fsp3) is 0.250. The molecule has 0 aliphatic carbocycles. The van der Waals surface area contributed by atoms with Crippen LogP contribution < -0.4 is 0 Å². The van der Waals surface area contributed by atoms with Gasteiger partial charge in [-0.2, -0.15) is 5.10 Å². The van der Waals surface area contributed by atoms with Crippen LogP contribution in [-0.2, 0) is 0 Å². The summed E-state index contributed by atoms with van der Waals surface area (Å²) < 4.78 is 13.7. The van der Waals surface area contributed by atoms with E-state index < -0.39 is 0 Å². The van der Waals surface area contributed by atoms with Crippen molar-refractivity contribution in [3.05, 3.63) is 40.8 Å². The summed E-state index contributed by atoms with van der Waals surface area (Å²) in [6, 6.07) is 5.19. The molecule has 0 fully saturated rings. The average Bonchev–Trinajstić information content (AvgIpc) is 2.49. The Morgan fingerprint density at radius 3 is 2.47 bits per heavy atom. The molecule has 0 spiro atoms. The topological polar surface area (TPSA) is 28.7 Å². The molecule has 3 heteroatoms. The van der Waals surface area contributed by atoms with Crippen LogP contribution in [0.3, 0.4) is 0 Å². The number of halogens is 1. The minimum absolute atomic E-state index is 0.218. The highest BCUT2D eigenvalue weighted by Gasteiger charge is 2.12. The predicted molar refractivity (Wildman–Crippen MR) is 58.2 cm³/mol. The van der Waals surface area contributed by atoms with Gasteiger partial charge in [-0.1, -0.05) is 6.07 Å². The van der Waals surface area contributed by atoms with E-state index in [1.54, 1.807) is 6.07 Å². The summed E-state index contributed by atoms with van der Waals surface area (Å²) in [5.74, 6) is -0.218. The van der Waals surface area contributed by atoms with Gasteiger partial charge in [-0.25, -0.2) is 4.39 Å². The van der Waals surface area contributed by atoms with Gasteiger partial charge >= 0.3 is 0 Å². The summed E-state index contributed by atoms with van der Waals surface area (Å²) in [7, 11) is 0. The molecule has 0 amide bonds. The minimum Gasteiger partial charge on any atom is -0.282 e. The molecule has 0 radical (unpaired) electrons. The fourth-order valence-corrected chi connectivity index (χ4v) is 1.56. The van der Waals surface area contributed by atoms with E-state index in [-0.39, 0.29) is 5.82 Å². The number of rotatable bonds is 1. The molecule has 15 heavy (non-hydrogen) atoms. The lowest BCUT2D eigenvalue weighted by Crippen LogP contribution is -1.88. The number of aromatic nitrogens is 2. The third-order valence-corrected chi connectivity index (χ3v) is 2.63. The van der Waals surface area contributed by atoms with Gasteiger partial charge in [0.25, 0.3) is 0 Å². The molecular formula is C12H13FN2. The monoisotopic (exact) mass is 204 g/mol. The second kappa shape index (κ2) is 3.50. The van der Waals surface area contributed by atoms with Crippen molar-refractivity contribution in [2.45, 2.75) is 20.8 Å². The lowest BCUT2D eigenvalue weighted by molar-refractivity contribution is 0.629. The summed E-state index contributed by atoms with van der Waals surface area (Å²) in [6.45, 7) is 5.74. The van der Waals surface area contributed by atoms with Gasteiger partial charge in [0.05, 0.1) is 5.69 Å². The van der Waals surface area contributed by atoms with Gasteiger partial charge in [0.2, 0.25) is 0 Å². The Bertz CT molecular complexity index is 500. The first-order valence-electron chi connectivity index (χ1n) is 4.87. The Labute approximate surface area is 88.1 Å². The number of hydrogen-bond acceptors (Lipinski definition) is 1. The molecule has 0 unspecified atom stereocenters. The molecule has 0 atom stereocenters. The molecular weight excluding hydrogens is 191 g/mol. The van der Waals surface area contributed by atoms with Gasteiger partial charge in [0, 0.05) is 11.3 Å². The van der Waals surface area contributed by atoms with Crippen molar-refractivity contribution in [1.82, 2.24) is 10.2 Å². The van der Waals surface area contributed by atoms with Gasteiger partial charge in [0.1, 0.15) is 5.82 Å². The third kappa shape index (κ3) is 1.65. The molecule has 1 N–H and O–H groups in total. The van der Waals surface area contributed by atoms with Gasteiger partial charge in [-0.15, -0.1) is 0 Å². The Morgan fingerprint density at radius 1 is 1.20 bits per heavy atom. The molecule has 0 aliphatic heterocycles. The van der Waals surface area contributed by atoms with Crippen LogP contribution in [0.1, 0.15) is 16.8 Å². The van der Waals surface area contributed by atoms with E-state index in [0.29, 0.717) is 11.3 Å². The molecule has 0 saturated heterocycles. The van der Waals surface area contributed by atoms with E-state index in [1.807, 2.05) is 26.8 Å². The largest absolute Gasteiger partial charge is 0.282 e. The number of nitrogens with zero attached hydrogens (tertiary/aromatic N) is 1. The summed E-state index contributed by atoms with van der Waals surface area (Å²) >= 11 is 0. The molecule has 2 nitrogen and oxygen atoms in total. The minimum atomic E-state index is -0.218. The van der Waals surface area contributed by atoms with Crippen LogP contribution >= 0.6 is 0 Å². The highest BCUT2D eigenvalue weighted by Crippen LogP contribution is 2.25. The van der Waals surface area contributed by atoms with E-state index in [9.17, 15) is 4.39 Å². The second-order valence-corrected chi connectivity index (χ2v) is 3.81. The van der Waals surface area contributed by atoms with E-state index in [2.05, 4.69) is 10.2 Å². The van der Waals surface area contributed by atoms with E-state index in [1.165, 1.54) is 6.07 Å². The summed E-state index contributed by atoms with van der Waals surface area (Å²) in [5.41, 5.74) is 4.15. The first-order chi connectivity index (χ1) is 7.09. The number of aryl methyl sites for hydroxylation is 2. The zero-order valence-corrected chi connectivity index (χ0v) is 9.06. The maximum Gasteiger partial charge on any atom is 0.132 e. The first kappa shape index (κ1) is 9.90. The Hall–Kier alpha value is -1.64.